The zero-order valence-electron chi connectivity index (χ0n) is 16.5. The van der Waals surface area contributed by atoms with Gasteiger partial charge in [-0.05, 0) is 39.3 Å². The van der Waals surface area contributed by atoms with Crippen LogP contribution in [0.1, 0.15) is 23.9 Å². The summed E-state index contributed by atoms with van der Waals surface area (Å²) in [6.07, 6.45) is 0. The third-order valence-electron chi connectivity index (χ3n) is 4.70. The lowest BCUT2D eigenvalue weighted by molar-refractivity contribution is 0.208. The number of hydrogen-bond acceptors (Lipinski definition) is 5. The van der Waals surface area contributed by atoms with Crippen LogP contribution in [-0.4, -0.2) is 53.6 Å². The van der Waals surface area contributed by atoms with Crippen molar-refractivity contribution in [1.82, 2.24) is 14.9 Å². The molecule has 2 N–H and O–H groups in total. The summed E-state index contributed by atoms with van der Waals surface area (Å²) in [4.78, 5) is 25.6. The van der Waals surface area contributed by atoms with E-state index < -0.39 is 0 Å². The highest BCUT2D eigenvalue weighted by Crippen LogP contribution is 2.19. The predicted octanol–water partition coefficient (Wildman–Crippen LogP) is 3.19. The molecule has 2 amide bonds. The van der Waals surface area contributed by atoms with Crippen LogP contribution >= 0.6 is 0 Å². The summed E-state index contributed by atoms with van der Waals surface area (Å²) >= 11 is 0. The Balaban J connectivity index is 1.60. The minimum Gasteiger partial charge on any atom is -0.370 e. The molecule has 0 radical (unpaired) electrons. The third kappa shape index (κ3) is 4.67. The van der Waals surface area contributed by atoms with Crippen molar-refractivity contribution in [3.63, 3.8) is 0 Å². The van der Waals surface area contributed by atoms with E-state index in [0.29, 0.717) is 13.1 Å². The van der Waals surface area contributed by atoms with Gasteiger partial charge in [-0.1, -0.05) is 17.7 Å². The molecule has 3 rings (SSSR count). The molecule has 0 saturated carbocycles. The maximum Gasteiger partial charge on any atom is 0.321 e. The van der Waals surface area contributed by atoms with Gasteiger partial charge in [-0.2, -0.15) is 0 Å². The Hall–Kier alpha value is -2.83. The SMILES string of the molecule is CCNc1cc(N2CCN(C(=O)Nc3ccc(C)cc3C)CC2)nc(C)n1. The third-order valence-corrected chi connectivity index (χ3v) is 4.70. The second kappa shape index (κ2) is 8.24. The Kier molecular flexibility index (Phi) is 5.78. The Labute approximate surface area is 160 Å². The van der Waals surface area contributed by atoms with Gasteiger partial charge in [0.15, 0.2) is 0 Å². The number of nitrogens with zero attached hydrogens (tertiary/aromatic N) is 4. The van der Waals surface area contributed by atoms with Gasteiger partial charge in [0.05, 0.1) is 0 Å². The molecular weight excluding hydrogens is 340 g/mol. The van der Waals surface area contributed by atoms with Crippen LogP contribution in [0.25, 0.3) is 0 Å². The maximum absolute atomic E-state index is 12.6. The number of rotatable bonds is 4. The van der Waals surface area contributed by atoms with Crippen molar-refractivity contribution in [3.8, 4) is 0 Å². The molecule has 0 atom stereocenters. The monoisotopic (exact) mass is 368 g/mol. The highest BCUT2D eigenvalue weighted by atomic mass is 16.2. The zero-order chi connectivity index (χ0) is 19.4. The summed E-state index contributed by atoms with van der Waals surface area (Å²) < 4.78 is 0. The molecule has 27 heavy (non-hydrogen) atoms. The van der Waals surface area contributed by atoms with Gasteiger partial charge in [0.25, 0.3) is 0 Å². The Morgan fingerprint density at radius 3 is 2.48 bits per heavy atom. The molecule has 0 spiro atoms. The number of hydrogen-bond donors (Lipinski definition) is 2. The number of carbonyl (C=O) groups is 1. The number of carbonyl (C=O) groups excluding carboxylic acids is 1. The highest BCUT2D eigenvalue weighted by molar-refractivity contribution is 5.90. The lowest BCUT2D eigenvalue weighted by Gasteiger charge is -2.35. The van der Waals surface area contributed by atoms with Gasteiger partial charge < -0.3 is 20.4 Å². The average molecular weight is 368 g/mol. The zero-order valence-corrected chi connectivity index (χ0v) is 16.5. The van der Waals surface area contributed by atoms with E-state index in [1.165, 1.54) is 5.56 Å². The largest absolute Gasteiger partial charge is 0.370 e. The summed E-state index contributed by atoms with van der Waals surface area (Å²) in [5.41, 5.74) is 3.14. The number of urea groups is 1. The summed E-state index contributed by atoms with van der Waals surface area (Å²) in [5.74, 6) is 2.50. The molecule has 1 saturated heterocycles. The molecule has 2 heterocycles. The summed E-state index contributed by atoms with van der Waals surface area (Å²) in [5, 5.41) is 6.27. The van der Waals surface area contributed by atoms with Crippen molar-refractivity contribution in [1.29, 1.82) is 0 Å². The van der Waals surface area contributed by atoms with Gasteiger partial charge in [-0.3, -0.25) is 0 Å². The number of benzene rings is 1. The minimum atomic E-state index is -0.0474. The number of nitrogens with one attached hydrogen (secondary N) is 2. The van der Waals surface area contributed by atoms with E-state index in [4.69, 9.17) is 0 Å². The molecule has 0 aliphatic carbocycles. The second-order valence-corrected chi connectivity index (χ2v) is 6.91. The molecule has 7 heteroatoms. The van der Waals surface area contributed by atoms with E-state index in [0.717, 1.165) is 48.3 Å². The number of anilines is 3. The first-order valence-electron chi connectivity index (χ1n) is 9.44. The first kappa shape index (κ1) is 18.9. The van der Waals surface area contributed by atoms with Crippen molar-refractivity contribution in [2.75, 3.05) is 48.3 Å². The van der Waals surface area contributed by atoms with Crippen LogP contribution in [0.3, 0.4) is 0 Å². The normalized spacial score (nSPS) is 14.2. The molecule has 2 aromatic rings. The number of aryl methyl sites for hydroxylation is 3. The second-order valence-electron chi connectivity index (χ2n) is 6.91. The maximum atomic E-state index is 12.6. The van der Waals surface area contributed by atoms with Crippen molar-refractivity contribution in [2.45, 2.75) is 27.7 Å². The summed E-state index contributed by atoms with van der Waals surface area (Å²) in [6.45, 7) is 11.7. The Morgan fingerprint density at radius 1 is 1.07 bits per heavy atom. The number of aromatic nitrogens is 2. The van der Waals surface area contributed by atoms with Gasteiger partial charge in [-0.15, -0.1) is 0 Å². The summed E-state index contributed by atoms with van der Waals surface area (Å²) in [7, 11) is 0. The van der Waals surface area contributed by atoms with E-state index in [9.17, 15) is 4.79 Å². The molecular formula is C20H28N6O. The van der Waals surface area contributed by atoms with Crippen LogP contribution in [0.15, 0.2) is 24.3 Å². The van der Waals surface area contributed by atoms with Gasteiger partial charge >= 0.3 is 6.03 Å². The van der Waals surface area contributed by atoms with Crippen molar-refractivity contribution >= 4 is 23.4 Å². The van der Waals surface area contributed by atoms with E-state index in [1.54, 1.807) is 0 Å². The molecule has 144 valence electrons. The average Bonchev–Trinajstić information content (AvgIpc) is 2.64. The van der Waals surface area contributed by atoms with Crippen LogP contribution in [0.2, 0.25) is 0 Å². The van der Waals surface area contributed by atoms with Gasteiger partial charge in [0.2, 0.25) is 0 Å². The molecule has 1 aromatic heterocycles. The van der Waals surface area contributed by atoms with Crippen LogP contribution in [0.4, 0.5) is 22.1 Å². The van der Waals surface area contributed by atoms with Crippen LogP contribution in [0.5, 0.6) is 0 Å². The predicted molar refractivity (Wildman–Crippen MR) is 110 cm³/mol. The van der Waals surface area contributed by atoms with E-state index in [2.05, 4.69) is 31.6 Å². The fourth-order valence-electron chi connectivity index (χ4n) is 3.27. The number of amides is 2. The number of piperazine rings is 1. The molecule has 0 unspecified atom stereocenters. The van der Waals surface area contributed by atoms with Gasteiger partial charge in [0.1, 0.15) is 17.5 Å². The lowest BCUT2D eigenvalue weighted by Crippen LogP contribution is -2.50. The Bertz CT molecular complexity index is 814. The fraction of sp³-hybridized carbons (Fsp3) is 0.450. The van der Waals surface area contributed by atoms with Crippen molar-refractivity contribution in [2.24, 2.45) is 0 Å². The molecule has 7 nitrogen and oxygen atoms in total. The fourth-order valence-corrected chi connectivity index (χ4v) is 3.27. The van der Waals surface area contributed by atoms with E-state index in [1.807, 2.05) is 50.8 Å². The van der Waals surface area contributed by atoms with E-state index in [-0.39, 0.29) is 6.03 Å². The van der Waals surface area contributed by atoms with Gasteiger partial charge in [0, 0.05) is 44.5 Å². The topological polar surface area (TPSA) is 73.4 Å². The first-order chi connectivity index (χ1) is 13.0. The molecule has 1 aliphatic rings. The first-order valence-corrected chi connectivity index (χ1v) is 9.44. The quantitative estimate of drug-likeness (QED) is 0.867. The Morgan fingerprint density at radius 2 is 1.81 bits per heavy atom. The summed E-state index contributed by atoms with van der Waals surface area (Å²) in [6, 6.07) is 7.98. The van der Waals surface area contributed by atoms with Crippen molar-refractivity contribution in [3.05, 3.63) is 41.2 Å². The highest BCUT2D eigenvalue weighted by Gasteiger charge is 2.22. The van der Waals surface area contributed by atoms with Gasteiger partial charge in [-0.25, -0.2) is 14.8 Å². The minimum absolute atomic E-state index is 0.0474. The smallest absolute Gasteiger partial charge is 0.321 e. The molecule has 1 fully saturated rings. The van der Waals surface area contributed by atoms with Crippen LogP contribution < -0.4 is 15.5 Å². The lowest BCUT2D eigenvalue weighted by atomic mass is 10.1. The molecule has 0 bridgehead atoms. The van der Waals surface area contributed by atoms with E-state index >= 15 is 0 Å². The van der Waals surface area contributed by atoms with Crippen LogP contribution in [0, 0.1) is 20.8 Å². The molecule has 1 aromatic carbocycles. The standard InChI is InChI=1S/C20H28N6O/c1-5-21-18-13-19(23-16(4)22-18)25-8-10-26(11-9-25)20(27)24-17-7-6-14(2)12-15(17)3/h6-7,12-13H,5,8-11H2,1-4H3,(H,24,27)(H,21,22,23). The van der Waals surface area contributed by atoms with Crippen molar-refractivity contribution < 1.29 is 4.79 Å². The van der Waals surface area contributed by atoms with Crippen LogP contribution in [-0.2, 0) is 0 Å². The molecule has 1 aliphatic heterocycles.